The van der Waals surface area contributed by atoms with E-state index in [0.29, 0.717) is 30.6 Å². The van der Waals surface area contributed by atoms with Crippen LogP contribution in [0.1, 0.15) is 37.1 Å². The van der Waals surface area contributed by atoms with Gasteiger partial charge in [0.25, 0.3) is 5.89 Å². The Bertz CT molecular complexity index is 1200. The van der Waals surface area contributed by atoms with Crippen molar-refractivity contribution >= 4 is 23.4 Å². The highest BCUT2D eigenvalue weighted by Gasteiger charge is 2.33. The molecule has 2 aliphatic heterocycles. The second kappa shape index (κ2) is 10.1. The number of hydrogen-bond acceptors (Lipinski definition) is 7. The number of anilines is 1. The molecule has 4 heterocycles. The molecule has 0 radical (unpaired) electrons. The van der Waals surface area contributed by atoms with Crippen LogP contribution in [0.5, 0.6) is 0 Å². The van der Waals surface area contributed by atoms with Crippen molar-refractivity contribution in [2.75, 3.05) is 44.2 Å². The molecular weight excluding hydrogens is 466 g/mol. The quantitative estimate of drug-likeness (QED) is 0.513. The van der Waals surface area contributed by atoms with Crippen LogP contribution < -0.4 is 4.90 Å². The van der Waals surface area contributed by atoms with Crippen LogP contribution in [0, 0.1) is 17.2 Å². The smallest absolute Gasteiger partial charge is 0.266 e. The average molecular weight is 494 g/mol. The van der Waals surface area contributed by atoms with Crippen molar-refractivity contribution in [3.05, 3.63) is 58.9 Å². The number of carbonyl (C=O) groups is 1. The van der Waals surface area contributed by atoms with Crippen LogP contribution in [0.3, 0.4) is 0 Å². The number of benzene rings is 1. The number of nitriles is 1. The molecule has 2 saturated heterocycles. The van der Waals surface area contributed by atoms with Crippen molar-refractivity contribution in [3.8, 4) is 17.7 Å². The molecule has 0 bridgehead atoms. The molecular formula is C26H28ClN5O3. The van der Waals surface area contributed by atoms with Gasteiger partial charge in [0.1, 0.15) is 6.07 Å². The summed E-state index contributed by atoms with van der Waals surface area (Å²) in [7, 11) is 0. The molecule has 1 unspecified atom stereocenters. The zero-order valence-electron chi connectivity index (χ0n) is 19.7. The van der Waals surface area contributed by atoms with E-state index < -0.39 is 0 Å². The van der Waals surface area contributed by atoms with E-state index in [1.54, 1.807) is 18.4 Å². The summed E-state index contributed by atoms with van der Waals surface area (Å²) < 4.78 is 11.2. The molecule has 2 aromatic heterocycles. The van der Waals surface area contributed by atoms with Crippen LogP contribution in [-0.4, -0.2) is 60.0 Å². The maximum atomic E-state index is 13.2. The third kappa shape index (κ3) is 4.79. The molecule has 3 aromatic rings. The second-order valence-electron chi connectivity index (χ2n) is 9.08. The minimum Gasteiger partial charge on any atom is -0.459 e. The van der Waals surface area contributed by atoms with Gasteiger partial charge < -0.3 is 18.6 Å². The van der Waals surface area contributed by atoms with Crippen LogP contribution in [-0.2, 0) is 4.79 Å². The van der Waals surface area contributed by atoms with Gasteiger partial charge in [-0.25, -0.2) is 0 Å². The Morgan fingerprint density at radius 3 is 2.51 bits per heavy atom. The van der Waals surface area contributed by atoms with E-state index in [-0.39, 0.29) is 23.6 Å². The number of oxazole rings is 1. The van der Waals surface area contributed by atoms with Crippen molar-refractivity contribution in [2.45, 2.75) is 25.8 Å². The molecule has 1 atom stereocenters. The van der Waals surface area contributed by atoms with E-state index in [0.717, 1.165) is 49.6 Å². The third-order valence-electron chi connectivity index (χ3n) is 7.11. The number of furan rings is 1. The average Bonchev–Trinajstić information content (AvgIpc) is 3.59. The van der Waals surface area contributed by atoms with Crippen molar-refractivity contribution in [1.29, 1.82) is 5.26 Å². The maximum absolute atomic E-state index is 13.2. The minimum absolute atomic E-state index is 0.0169. The number of nitrogens with zero attached hydrogens (tertiary/aromatic N) is 5. The Hall–Kier alpha value is -3.28. The first-order valence-corrected chi connectivity index (χ1v) is 12.4. The molecule has 0 spiro atoms. The molecule has 1 amide bonds. The summed E-state index contributed by atoms with van der Waals surface area (Å²) in [6.45, 7) is 6.56. The molecule has 9 heteroatoms. The van der Waals surface area contributed by atoms with Gasteiger partial charge in [-0.2, -0.15) is 10.2 Å². The summed E-state index contributed by atoms with van der Waals surface area (Å²) in [5.74, 6) is 1.44. The molecule has 35 heavy (non-hydrogen) atoms. The van der Waals surface area contributed by atoms with Gasteiger partial charge in [-0.3, -0.25) is 9.69 Å². The summed E-state index contributed by atoms with van der Waals surface area (Å²) in [6, 6.07) is 13.8. The molecule has 5 rings (SSSR count). The maximum Gasteiger partial charge on any atom is 0.266 e. The standard InChI is InChI=1S/C26H28ClN5O3/c1-18(20-5-2-3-6-21(20)27)30-12-14-31(15-13-30)25(33)19-8-10-32(11-9-19)26-22(17-28)29-24(35-26)23-7-4-16-34-23/h2-7,16,18-19H,8-15H2,1H3. The lowest BCUT2D eigenvalue weighted by atomic mass is 9.95. The number of aromatic nitrogens is 1. The number of rotatable bonds is 5. The van der Waals surface area contributed by atoms with E-state index in [1.165, 1.54) is 0 Å². The number of amides is 1. The van der Waals surface area contributed by atoms with E-state index in [2.05, 4.69) is 28.9 Å². The van der Waals surface area contributed by atoms with Crippen molar-refractivity contribution < 1.29 is 13.6 Å². The number of carbonyl (C=O) groups excluding carboxylic acids is 1. The minimum atomic E-state index is -0.0169. The van der Waals surface area contributed by atoms with Gasteiger partial charge in [-0.15, -0.1) is 0 Å². The second-order valence-corrected chi connectivity index (χ2v) is 9.49. The van der Waals surface area contributed by atoms with Gasteiger partial charge in [0.2, 0.25) is 17.5 Å². The van der Waals surface area contributed by atoms with Gasteiger partial charge in [0.05, 0.1) is 6.26 Å². The van der Waals surface area contributed by atoms with Gasteiger partial charge in [-0.05, 0) is 43.5 Å². The summed E-state index contributed by atoms with van der Waals surface area (Å²) in [5.41, 5.74) is 1.37. The van der Waals surface area contributed by atoms with Gasteiger partial charge in [-0.1, -0.05) is 29.8 Å². The van der Waals surface area contributed by atoms with Gasteiger partial charge in [0.15, 0.2) is 5.76 Å². The number of hydrogen-bond donors (Lipinski definition) is 0. The molecule has 8 nitrogen and oxygen atoms in total. The summed E-state index contributed by atoms with van der Waals surface area (Å²) in [6.07, 6.45) is 2.98. The van der Waals surface area contributed by atoms with E-state index in [1.807, 2.05) is 28.0 Å². The Kier molecular flexibility index (Phi) is 6.80. The molecule has 182 valence electrons. The zero-order valence-corrected chi connectivity index (χ0v) is 20.4. The van der Waals surface area contributed by atoms with Gasteiger partial charge >= 0.3 is 0 Å². The SMILES string of the molecule is CC(c1ccccc1Cl)N1CCN(C(=O)C2CCN(c3oc(-c4ccco4)nc3C#N)CC2)CC1. The van der Waals surface area contributed by atoms with Crippen LogP contribution in [0.25, 0.3) is 11.7 Å². The normalized spacial score (nSPS) is 18.4. The Labute approximate surface area is 209 Å². The van der Waals surface area contributed by atoms with Crippen LogP contribution in [0.15, 0.2) is 51.5 Å². The van der Waals surface area contributed by atoms with E-state index in [9.17, 15) is 10.1 Å². The number of halogens is 1. The van der Waals surface area contributed by atoms with Crippen molar-refractivity contribution in [1.82, 2.24) is 14.8 Å². The van der Waals surface area contributed by atoms with E-state index >= 15 is 0 Å². The largest absolute Gasteiger partial charge is 0.459 e. The zero-order chi connectivity index (χ0) is 24.4. The lowest BCUT2D eigenvalue weighted by Crippen LogP contribution is -2.52. The first kappa shape index (κ1) is 23.5. The highest BCUT2D eigenvalue weighted by molar-refractivity contribution is 6.31. The fourth-order valence-electron chi connectivity index (χ4n) is 5.03. The summed E-state index contributed by atoms with van der Waals surface area (Å²) in [5, 5.41) is 10.3. The van der Waals surface area contributed by atoms with Crippen molar-refractivity contribution in [3.63, 3.8) is 0 Å². The van der Waals surface area contributed by atoms with Crippen molar-refractivity contribution in [2.24, 2.45) is 5.92 Å². The molecule has 2 fully saturated rings. The Balaban J connectivity index is 1.16. The fraction of sp³-hybridized carbons (Fsp3) is 0.423. The Morgan fingerprint density at radius 1 is 1.11 bits per heavy atom. The number of piperidine rings is 1. The summed E-state index contributed by atoms with van der Waals surface area (Å²) >= 11 is 6.39. The van der Waals surface area contributed by atoms with Crippen LogP contribution >= 0.6 is 11.6 Å². The Morgan fingerprint density at radius 2 is 1.86 bits per heavy atom. The lowest BCUT2D eigenvalue weighted by molar-refractivity contribution is -0.138. The van der Waals surface area contributed by atoms with Crippen LogP contribution in [0.4, 0.5) is 5.88 Å². The molecule has 0 aliphatic carbocycles. The first-order chi connectivity index (χ1) is 17.0. The van der Waals surface area contributed by atoms with Crippen LogP contribution in [0.2, 0.25) is 5.02 Å². The fourth-order valence-corrected chi connectivity index (χ4v) is 5.33. The van der Waals surface area contributed by atoms with Gasteiger partial charge in [0, 0.05) is 56.3 Å². The molecule has 0 saturated carbocycles. The topological polar surface area (TPSA) is 89.8 Å². The monoisotopic (exact) mass is 493 g/mol. The highest BCUT2D eigenvalue weighted by atomic mass is 35.5. The lowest BCUT2D eigenvalue weighted by Gasteiger charge is -2.40. The summed E-state index contributed by atoms with van der Waals surface area (Å²) in [4.78, 5) is 23.9. The molecule has 2 aliphatic rings. The first-order valence-electron chi connectivity index (χ1n) is 12.0. The molecule has 1 aromatic carbocycles. The third-order valence-corrected chi connectivity index (χ3v) is 7.45. The molecule has 0 N–H and O–H groups in total. The highest BCUT2D eigenvalue weighted by Crippen LogP contribution is 2.32. The van der Waals surface area contributed by atoms with E-state index in [4.69, 9.17) is 20.4 Å². The predicted octanol–water partition coefficient (Wildman–Crippen LogP) is 4.58. The predicted molar refractivity (Wildman–Crippen MR) is 132 cm³/mol. The number of piperazine rings is 1.